The molecule has 6 heteroatoms. The Hall–Kier alpha value is -3.72. The summed E-state index contributed by atoms with van der Waals surface area (Å²) in [6.07, 6.45) is 1.50. The lowest BCUT2D eigenvalue weighted by Crippen LogP contribution is -2.13. The molecule has 1 N–H and O–H groups in total. The fraction of sp³-hybridized carbons (Fsp3) is 0.0909. The van der Waals surface area contributed by atoms with E-state index in [-0.39, 0.29) is 11.4 Å². The summed E-state index contributed by atoms with van der Waals surface area (Å²) in [7, 11) is 0. The molecule has 4 nitrogen and oxygen atoms in total. The summed E-state index contributed by atoms with van der Waals surface area (Å²) in [5.74, 6) is -1.32. The highest BCUT2D eigenvalue weighted by Gasteiger charge is 2.14. The second-order valence-corrected chi connectivity index (χ2v) is 6.27. The van der Waals surface area contributed by atoms with E-state index in [4.69, 9.17) is 0 Å². The third-order valence-corrected chi connectivity index (χ3v) is 4.32. The first-order chi connectivity index (χ1) is 13.4. The molecule has 0 saturated carbocycles. The number of nitrogens with zero attached hydrogens (tertiary/aromatic N) is 2. The lowest BCUT2D eigenvalue weighted by atomic mass is 10.1. The van der Waals surface area contributed by atoms with Gasteiger partial charge in [-0.25, -0.2) is 8.78 Å². The monoisotopic (exact) mass is 377 g/mol. The molecule has 2 aromatic carbocycles. The summed E-state index contributed by atoms with van der Waals surface area (Å²) in [4.78, 5) is 12.4. The fourth-order valence-electron chi connectivity index (χ4n) is 2.96. The number of aryl methyl sites for hydroxylation is 1. The number of nitrogens with one attached hydrogen (secondary N) is 1. The molecule has 1 amide bonds. The molecule has 0 aliphatic rings. The van der Waals surface area contributed by atoms with E-state index in [2.05, 4.69) is 5.32 Å². The molecule has 28 heavy (non-hydrogen) atoms. The molecule has 0 saturated heterocycles. The zero-order chi connectivity index (χ0) is 20.3. The predicted octanol–water partition coefficient (Wildman–Crippen LogP) is 4.92. The number of benzene rings is 2. The normalized spacial score (nSPS) is 11.2. The highest BCUT2D eigenvalue weighted by atomic mass is 19.1. The number of halogens is 2. The minimum absolute atomic E-state index is 0.0799. The van der Waals surface area contributed by atoms with Crippen LogP contribution < -0.4 is 5.32 Å². The van der Waals surface area contributed by atoms with Gasteiger partial charge in [0.05, 0.1) is 0 Å². The van der Waals surface area contributed by atoms with Crippen molar-refractivity contribution in [1.29, 1.82) is 5.26 Å². The van der Waals surface area contributed by atoms with Gasteiger partial charge in [0.2, 0.25) is 0 Å². The highest BCUT2D eigenvalue weighted by molar-refractivity contribution is 6.09. The Kier molecular flexibility index (Phi) is 5.37. The zero-order valence-electron chi connectivity index (χ0n) is 15.3. The number of hydrogen-bond acceptors (Lipinski definition) is 2. The van der Waals surface area contributed by atoms with Crippen LogP contribution in [0.4, 0.5) is 14.5 Å². The zero-order valence-corrected chi connectivity index (χ0v) is 15.3. The number of carbonyl (C=O) groups excluding carboxylic acids is 1. The van der Waals surface area contributed by atoms with Crippen LogP contribution in [0.1, 0.15) is 17.0 Å². The van der Waals surface area contributed by atoms with Crippen molar-refractivity contribution in [2.75, 3.05) is 5.32 Å². The number of nitriles is 1. The molecule has 0 aliphatic heterocycles. The molecule has 0 atom stereocenters. The van der Waals surface area contributed by atoms with E-state index in [9.17, 15) is 18.8 Å². The van der Waals surface area contributed by atoms with Gasteiger partial charge < -0.3 is 9.88 Å². The summed E-state index contributed by atoms with van der Waals surface area (Å²) in [5.41, 5.74) is 3.49. The maximum atomic E-state index is 13.2. The first kappa shape index (κ1) is 19.1. The maximum absolute atomic E-state index is 13.2. The number of amides is 1. The van der Waals surface area contributed by atoms with Crippen LogP contribution in [0.3, 0.4) is 0 Å². The minimum Gasteiger partial charge on any atom is -0.321 e. The molecule has 0 aliphatic carbocycles. The molecule has 0 bridgehead atoms. The quantitative estimate of drug-likeness (QED) is 0.518. The number of carbonyl (C=O) groups is 1. The van der Waals surface area contributed by atoms with E-state index in [0.29, 0.717) is 11.3 Å². The Morgan fingerprint density at radius 2 is 1.61 bits per heavy atom. The number of rotatable bonds is 4. The van der Waals surface area contributed by atoms with Crippen LogP contribution in [0.2, 0.25) is 0 Å². The van der Waals surface area contributed by atoms with Gasteiger partial charge in [0, 0.05) is 22.8 Å². The van der Waals surface area contributed by atoms with Gasteiger partial charge in [-0.1, -0.05) is 0 Å². The van der Waals surface area contributed by atoms with Gasteiger partial charge in [-0.05, 0) is 80.1 Å². The van der Waals surface area contributed by atoms with Gasteiger partial charge in [0.25, 0.3) is 5.91 Å². The van der Waals surface area contributed by atoms with E-state index in [1.165, 1.54) is 42.5 Å². The Morgan fingerprint density at radius 1 is 1.04 bits per heavy atom. The molecular weight excluding hydrogens is 360 g/mol. The van der Waals surface area contributed by atoms with E-state index < -0.39 is 11.7 Å². The van der Waals surface area contributed by atoms with Gasteiger partial charge in [-0.3, -0.25) is 4.79 Å². The molecule has 0 radical (unpaired) electrons. The lowest BCUT2D eigenvalue weighted by molar-refractivity contribution is -0.112. The molecule has 3 aromatic rings. The number of anilines is 1. The second-order valence-electron chi connectivity index (χ2n) is 6.27. The van der Waals surface area contributed by atoms with Gasteiger partial charge in [-0.2, -0.15) is 5.26 Å². The summed E-state index contributed by atoms with van der Waals surface area (Å²) in [5, 5.41) is 12.0. The number of aromatic nitrogens is 1. The Morgan fingerprint density at radius 3 is 2.18 bits per heavy atom. The Balaban J connectivity index is 1.91. The summed E-state index contributed by atoms with van der Waals surface area (Å²) >= 11 is 0. The molecule has 1 aromatic heterocycles. The van der Waals surface area contributed by atoms with Gasteiger partial charge >= 0.3 is 0 Å². The van der Waals surface area contributed by atoms with Crippen LogP contribution in [-0.4, -0.2) is 10.5 Å². The van der Waals surface area contributed by atoms with Crippen molar-refractivity contribution >= 4 is 17.7 Å². The number of hydrogen-bond donors (Lipinski definition) is 1. The van der Waals surface area contributed by atoms with Crippen LogP contribution in [0, 0.1) is 36.8 Å². The lowest BCUT2D eigenvalue weighted by Gasteiger charge is -2.09. The smallest absolute Gasteiger partial charge is 0.266 e. The van der Waals surface area contributed by atoms with Crippen molar-refractivity contribution in [1.82, 2.24) is 4.57 Å². The van der Waals surface area contributed by atoms with Gasteiger partial charge in [0.1, 0.15) is 23.3 Å². The summed E-state index contributed by atoms with van der Waals surface area (Å²) in [6.45, 7) is 3.74. The van der Waals surface area contributed by atoms with Crippen molar-refractivity contribution in [3.63, 3.8) is 0 Å². The third kappa shape index (κ3) is 3.99. The molecular formula is C22H17F2N3O. The van der Waals surface area contributed by atoms with Gasteiger partial charge in [0.15, 0.2) is 0 Å². The summed E-state index contributed by atoms with van der Waals surface area (Å²) < 4.78 is 28.1. The SMILES string of the molecule is Cc1cc(/C=C(/C#N)C(=O)Nc2ccc(F)cc2)c(C)n1-c1ccc(F)cc1. The van der Waals surface area contributed by atoms with E-state index in [0.717, 1.165) is 17.1 Å². The molecule has 1 heterocycles. The highest BCUT2D eigenvalue weighted by Crippen LogP contribution is 2.23. The van der Waals surface area contributed by atoms with Crippen molar-refractivity contribution in [3.05, 3.63) is 88.8 Å². The first-order valence-electron chi connectivity index (χ1n) is 8.52. The van der Waals surface area contributed by atoms with Gasteiger partial charge in [-0.15, -0.1) is 0 Å². The Bertz CT molecular complexity index is 1090. The van der Waals surface area contributed by atoms with Crippen LogP contribution in [-0.2, 0) is 4.79 Å². The van der Waals surface area contributed by atoms with Crippen LogP contribution >= 0.6 is 0 Å². The average Bonchev–Trinajstić information content (AvgIpc) is 2.95. The molecule has 0 fully saturated rings. The van der Waals surface area contributed by atoms with Crippen molar-refractivity contribution in [2.24, 2.45) is 0 Å². The summed E-state index contributed by atoms with van der Waals surface area (Å²) in [6, 6.07) is 15.1. The average molecular weight is 377 g/mol. The molecule has 0 unspecified atom stereocenters. The minimum atomic E-state index is -0.583. The first-order valence-corrected chi connectivity index (χ1v) is 8.52. The third-order valence-electron chi connectivity index (χ3n) is 4.32. The predicted molar refractivity (Wildman–Crippen MR) is 104 cm³/mol. The largest absolute Gasteiger partial charge is 0.321 e. The van der Waals surface area contributed by atoms with Crippen molar-refractivity contribution in [3.8, 4) is 11.8 Å². The maximum Gasteiger partial charge on any atom is 0.266 e. The second kappa shape index (κ2) is 7.89. The van der Waals surface area contributed by atoms with Crippen LogP contribution in [0.25, 0.3) is 11.8 Å². The molecule has 140 valence electrons. The topological polar surface area (TPSA) is 57.8 Å². The van der Waals surface area contributed by atoms with Crippen molar-refractivity contribution < 1.29 is 13.6 Å². The van der Waals surface area contributed by atoms with Crippen LogP contribution in [0.15, 0.2) is 60.2 Å². The standard InChI is InChI=1S/C22H17F2N3O/c1-14-11-16(15(2)27(14)21-9-5-19(24)6-10-21)12-17(13-25)22(28)26-20-7-3-18(23)4-8-20/h3-12H,1-2H3,(H,26,28)/b17-12-. The Labute approximate surface area is 161 Å². The van der Waals surface area contributed by atoms with E-state index in [1.807, 2.05) is 30.6 Å². The van der Waals surface area contributed by atoms with Crippen molar-refractivity contribution in [2.45, 2.75) is 13.8 Å². The van der Waals surface area contributed by atoms with Crippen LogP contribution in [0.5, 0.6) is 0 Å². The fourth-order valence-corrected chi connectivity index (χ4v) is 2.96. The van der Waals surface area contributed by atoms with E-state index in [1.54, 1.807) is 12.1 Å². The molecule has 0 spiro atoms. The molecule has 3 rings (SSSR count). The van der Waals surface area contributed by atoms with E-state index >= 15 is 0 Å².